The van der Waals surface area contributed by atoms with Crippen molar-refractivity contribution in [1.29, 1.82) is 0 Å². The van der Waals surface area contributed by atoms with Crippen molar-refractivity contribution >= 4 is 23.3 Å². The predicted octanol–water partition coefficient (Wildman–Crippen LogP) is 2.24. The summed E-state index contributed by atoms with van der Waals surface area (Å²) >= 11 is 1.53. The summed E-state index contributed by atoms with van der Waals surface area (Å²) in [4.78, 5) is 29.8. The van der Waals surface area contributed by atoms with Gasteiger partial charge in [-0.25, -0.2) is 9.78 Å². The molecule has 0 unspecified atom stereocenters. The van der Waals surface area contributed by atoms with Crippen molar-refractivity contribution in [2.75, 3.05) is 13.6 Å². The van der Waals surface area contributed by atoms with E-state index < -0.39 is 5.97 Å². The molecule has 2 N–H and O–H groups in total. The molecule has 0 radical (unpaired) electrons. The van der Waals surface area contributed by atoms with E-state index >= 15 is 0 Å². The van der Waals surface area contributed by atoms with Crippen LogP contribution < -0.4 is 5.32 Å². The lowest BCUT2D eigenvalue weighted by atomic mass is 9.66. The predicted molar refractivity (Wildman–Crippen MR) is 80.3 cm³/mol. The van der Waals surface area contributed by atoms with Gasteiger partial charge in [-0.2, -0.15) is 0 Å². The molecule has 116 valence electrons. The first-order valence-electron chi connectivity index (χ1n) is 7.02. The van der Waals surface area contributed by atoms with E-state index in [1.165, 1.54) is 11.3 Å². The topological polar surface area (TPSA) is 82.5 Å². The summed E-state index contributed by atoms with van der Waals surface area (Å²) in [6.07, 6.45) is 2.92. The quantitative estimate of drug-likeness (QED) is 0.844. The van der Waals surface area contributed by atoms with Crippen LogP contribution in [0.3, 0.4) is 0 Å². The summed E-state index contributed by atoms with van der Waals surface area (Å²) in [5.74, 6) is -0.794. The monoisotopic (exact) mass is 311 g/mol. The summed E-state index contributed by atoms with van der Waals surface area (Å²) in [5, 5.41) is 11.8. The second-order valence-corrected chi connectivity index (χ2v) is 6.74. The number of thiazole rings is 1. The lowest BCUT2D eigenvalue weighted by Crippen LogP contribution is -2.46. The highest BCUT2D eigenvalue weighted by molar-refractivity contribution is 7.09. The van der Waals surface area contributed by atoms with Crippen molar-refractivity contribution in [3.05, 3.63) is 16.1 Å². The van der Waals surface area contributed by atoms with Crippen LogP contribution in [0.5, 0.6) is 0 Å². The molecule has 0 aromatic carbocycles. The maximum atomic E-state index is 12.1. The number of hydrogen-bond acceptors (Lipinski definition) is 4. The number of urea groups is 1. The van der Waals surface area contributed by atoms with Crippen molar-refractivity contribution in [1.82, 2.24) is 15.2 Å². The van der Waals surface area contributed by atoms with Gasteiger partial charge in [0.15, 0.2) is 0 Å². The van der Waals surface area contributed by atoms with E-state index in [0.29, 0.717) is 13.1 Å². The highest BCUT2D eigenvalue weighted by Crippen LogP contribution is 2.43. The van der Waals surface area contributed by atoms with Gasteiger partial charge in [-0.3, -0.25) is 4.79 Å². The normalized spacial score (nSPS) is 16.1. The Labute approximate surface area is 128 Å². The molecule has 0 aliphatic heterocycles. The van der Waals surface area contributed by atoms with Crippen LogP contribution in [0.15, 0.2) is 5.51 Å². The molecular formula is C14H21N3O3S. The lowest BCUT2D eigenvalue weighted by molar-refractivity contribution is -0.141. The zero-order chi connectivity index (χ0) is 15.5. The molecule has 2 amide bonds. The van der Waals surface area contributed by atoms with Gasteiger partial charge in [-0.05, 0) is 25.2 Å². The van der Waals surface area contributed by atoms with Crippen molar-refractivity contribution in [2.45, 2.75) is 39.2 Å². The molecule has 1 aromatic rings. The number of aryl methyl sites for hydroxylation is 1. The minimum absolute atomic E-state index is 0.130. The number of carbonyl (C=O) groups is 2. The fraction of sp³-hybridized carbons (Fsp3) is 0.643. The number of carboxylic acid groups (broad SMARTS) is 1. The number of amides is 2. The van der Waals surface area contributed by atoms with Crippen LogP contribution in [0.4, 0.5) is 4.79 Å². The molecule has 0 bridgehead atoms. The molecule has 1 heterocycles. The minimum atomic E-state index is -0.794. The van der Waals surface area contributed by atoms with Gasteiger partial charge in [0.25, 0.3) is 0 Å². The Kier molecular flexibility index (Phi) is 4.82. The van der Waals surface area contributed by atoms with Gasteiger partial charge < -0.3 is 15.3 Å². The number of rotatable bonds is 6. The third kappa shape index (κ3) is 3.93. The Morgan fingerprint density at radius 2 is 2.24 bits per heavy atom. The molecule has 0 saturated heterocycles. The summed E-state index contributed by atoms with van der Waals surface area (Å²) in [6, 6.07) is -0.167. The fourth-order valence-corrected chi connectivity index (χ4v) is 3.41. The Morgan fingerprint density at radius 3 is 2.71 bits per heavy atom. The Morgan fingerprint density at radius 1 is 1.52 bits per heavy atom. The molecule has 21 heavy (non-hydrogen) atoms. The fourth-order valence-electron chi connectivity index (χ4n) is 2.58. The number of carbonyl (C=O) groups excluding carboxylic acids is 1. The first kappa shape index (κ1) is 15.8. The maximum Gasteiger partial charge on any atom is 0.317 e. The van der Waals surface area contributed by atoms with Crippen molar-refractivity contribution < 1.29 is 14.7 Å². The van der Waals surface area contributed by atoms with Crippen LogP contribution in [-0.2, 0) is 11.3 Å². The SMILES string of the molecule is Cc1ncsc1CN(C)C(=O)NCC1(CC(=O)O)CCC1. The highest BCUT2D eigenvalue weighted by atomic mass is 32.1. The van der Waals surface area contributed by atoms with Crippen molar-refractivity contribution in [2.24, 2.45) is 5.41 Å². The third-order valence-corrected chi connectivity index (χ3v) is 5.05. The molecule has 1 aliphatic rings. The van der Waals surface area contributed by atoms with Gasteiger partial charge >= 0.3 is 12.0 Å². The maximum absolute atomic E-state index is 12.1. The molecule has 1 aromatic heterocycles. The number of hydrogen-bond donors (Lipinski definition) is 2. The summed E-state index contributed by atoms with van der Waals surface area (Å²) in [5.41, 5.74) is 2.47. The van der Waals surface area contributed by atoms with Crippen molar-refractivity contribution in [3.8, 4) is 0 Å². The largest absolute Gasteiger partial charge is 0.481 e. The number of aromatic nitrogens is 1. The third-order valence-electron chi connectivity index (χ3n) is 4.13. The highest BCUT2D eigenvalue weighted by Gasteiger charge is 2.39. The number of nitrogens with one attached hydrogen (secondary N) is 1. The minimum Gasteiger partial charge on any atom is -0.481 e. The van der Waals surface area contributed by atoms with Gasteiger partial charge in [0.05, 0.1) is 24.2 Å². The van der Waals surface area contributed by atoms with Crippen LogP contribution in [0.1, 0.15) is 36.3 Å². The number of aliphatic carboxylic acids is 1. The van der Waals surface area contributed by atoms with E-state index in [0.717, 1.165) is 29.8 Å². The average molecular weight is 311 g/mol. The van der Waals surface area contributed by atoms with Gasteiger partial charge in [-0.15, -0.1) is 11.3 Å². The molecular weight excluding hydrogens is 290 g/mol. The number of carboxylic acids is 1. The zero-order valence-electron chi connectivity index (χ0n) is 12.4. The summed E-state index contributed by atoms with van der Waals surface area (Å²) in [7, 11) is 1.74. The van der Waals surface area contributed by atoms with Crippen LogP contribution in [-0.4, -0.2) is 40.6 Å². The zero-order valence-corrected chi connectivity index (χ0v) is 13.2. The van der Waals surface area contributed by atoms with E-state index in [1.807, 2.05) is 6.92 Å². The lowest BCUT2D eigenvalue weighted by Gasteiger charge is -2.41. The van der Waals surface area contributed by atoms with Gasteiger partial charge in [0.1, 0.15) is 0 Å². The second-order valence-electron chi connectivity index (χ2n) is 5.80. The first-order valence-corrected chi connectivity index (χ1v) is 7.90. The van der Waals surface area contributed by atoms with E-state index in [4.69, 9.17) is 5.11 Å². The van der Waals surface area contributed by atoms with E-state index in [9.17, 15) is 9.59 Å². The van der Waals surface area contributed by atoms with Gasteiger partial charge in [-0.1, -0.05) is 6.42 Å². The standard InChI is InChI=1S/C14H21N3O3S/c1-10-11(21-9-16-10)7-17(2)13(20)15-8-14(4-3-5-14)6-12(18)19/h9H,3-8H2,1-2H3,(H,15,20)(H,18,19). The molecule has 6 nitrogen and oxygen atoms in total. The Hall–Kier alpha value is -1.63. The number of nitrogens with zero attached hydrogens (tertiary/aromatic N) is 2. The molecule has 1 aliphatic carbocycles. The molecule has 2 rings (SSSR count). The van der Waals surface area contributed by atoms with Gasteiger partial charge in [0, 0.05) is 18.5 Å². The first-order chi connectivity index (χ1) is 9.92. The van der Waals surface area contributed by atoms with Crippen LogP contribution >= 0.6 is 11.3 Å². The summed E-state index contributed by atoms with van der Waals surface area (Å²) < 4.78 is 0. The molecule has 0 spiro atoms. The van der Waals surface area contributed by atoms with Crippen LogP contribution in [0, 0.1) is 12.3 Å². The van der Waals surface area contributed by atoms with E-state index in [-0.39, 0.29) is 17.9 Å². The average Bonchev–Trinajstić information content (AvgIpc) is 2.77. The Bertz CT molecular complexity index is 525. The van der Waals surface area contributed by atoms with Gasteiger partial charge in [0.2, 0.25) is 0 Å². The molecule has 1 saturated carbocycles. The molecule has 7 heteroatoms. The van der Waals surface area contributed by atoms with Crippen LogP contribution in [0.25, 0.3) is 0 Å². The second kappa shape index (κ2) is 6.43. The van der Waals surface area contributed by atoms with E-state index in [1.54, 1.807) is 17.5 Å². The Balaban J connectivity index is 1.83. The van der Waals surface area contributed by atoms with Crippen molar-refractivity contribution in [3.63, 3.8) is 0 Å². The molecule has 1 fully saturated rings. The smallest absolute Gasteiger partial charge is 0.317 e. The van der Waals surface area contributed by atoms with Crippen LogP contribution in [0.2, 0.25) is 0 Å². The molecule has 0 atom stereocenters. The summed E-state index contributed by atoms with van der Waals surface area (Å²) in [6.45, 7) is 2.88. The van der Waals surface area contributed by atoms with E-state index in [2.05, 4.69) is 10.3 Å².